The summed E-state index contributed by atoms with van der Waals surface area (Å²) in [6.07, 6.45) is 0. The lowest BCUT2D eigenvalue weighted by molar-refractivity contribution is 0.588. The Morgan fingerprint density at radius 2 is 2.15 bits per heavy atom. The van der Waals surface area contributed by atoms with E-state index in [1.165, 1.54) is 5.56 Å². The lowest BCUT2D eigenvalue weighted by Gasteiger charge is -2.09. The average molecular weight is 243 g/mol. The Morgan fingerprint density at radius 1 is 1.46 bits per heavy atom. The molecule has 1 aromatic carbocycles. The first-order valence-corrected chi connectivity index (χ1v) is 5.16. The minimum absolute atomic E-state index is 0.504. The second-order valence-corrected chi connectivity index (χ2v) is 4.24. The van der Waals surface area contributed by atoms with Crippen molar-refractivity contribution in [3.05, 3.63) is 28.2 Å². The van der Waals surface area contributed by atoms with Crippen LogP contribution in [0.5, 0.6) is 0 Å². The highest BCUT2D eigenvalue weighted by Crippen LogP contribution is 2.19. The van der Waals surface area contributed by atoms with E-state index in [1.54, 1.807) is 0 Å². The molecule has 0 amide bonds. The van der Waals surface area contributed by atoms with Crippen LogP contribution in [0.1, 0.15) is 19.4 Å². The van der Waals surface area contributed by atoms with Gasteiger partial charge in [-0.1, -0.05) is 35.8 Å². The summed E-state index contributed by atoms with van der Waals surface area (Å²) in [5, 5.41) is 3.35. The molecule has 0 saturated carbocycles. The first kappa shape index (κ1) is 10.5. The number of rotatable bonds is 3. The lowest BCUT2D eigenvalue weighted by Crippen LogP contribution is -2.21. The van der Waals surface area contributed by atoms with Gasteiger partial charge in [0.25, 0.3) is 0 Å². The molecule has 3 N–H and O–H groups in total. The summed E-state index contributed by atoms with van der Waals surface area (Å²) in [6, 6.07) is 6.39. The zero-order valence-electron chi connectivity index (χ0n) is 7.97. The predicted molar refractivity (Wildman–Crippen MR) is 60.5 cm³/mol. The van der Waals surface area contributed by atoms with Crippen molar-refractivity contribution in [1.82, 2.24) is 5.32 Å². The molecule has 0 unspecified atom stereocenters. The molecule has 0 aliphatic carbocycles. The smallest absolute Gasteiger partial charge is 0.0325 e. The number of hydrogen-bond donors (Lipinski definition) is 2. The highest BCUT2D eigenvalue weighted by atomic mass is 79.9. The Hall–Kier alpha value is -0.540. The third-order valence-electron chi connectivity index (χ3n) is 1.78. The summed E-state index contributed by atoms with van der Waals surface area (Å²) < 4.78 is 1.07. The van der Waals surface area contributed by atoms with E-state index in [1.807, 2.05) is 18.2 Å². The van der Waals surface area contributed by atoms with E-state index in [0.717, 1.165) is 16.7 Å². The van der Waals surface area contributed by atoms with Gasteiger partial charge in [0, 0.05) is 22.7 Å². The summed E-state index contributed by atoms with van der Waals surface area (Å²) in [5.41, 5.74) is 7.66. The van der Waals surface area contributed by atoms with Gasteiger partial charge in [0.05, 0.1) is 0 Å². The summed E-state index contributed by atoms with van der Waals surface area (Å²) >= 11 is 3.48. The van der Waals surface area contributed by atoms with Crippen LogP contribution in [0.4, 0.5) is 5.69 Å². The van der Waals surface area contributed by atoms with Gasteiger partial charge in [-0.25, -0.2) is 0 Å². The van der Waals surface area contributed by atoms with Gasteiger partial charge in [-0.05, 0) is 17.7 Å². The molecule has 0 aliphatic heterocycles. The fourth-order valence-electron chi connectivity index (χ4n) is 1.02. The number of benzene rings is 1. The predicted octanol–water partition coefficient (Wildman–Crippen LogP) is 2.53. The Bertz CT molecular complexity index is 284. The van der Waals surface area contributed by atoms with Gasteiger partial charge in [0.1, 0.15) is 0 Å². The molecule has 0 atom stereocenters. The number of halogens is 1. The zero-order chi connectivity index (χ0) is 9.84. The quantitative estimate of drug-likeness (QED) is 0.800. The van der Waals surface area contributed by atoms with Crippen LogP contribution in [0.25, 0.3) is 0 Å². The molecule has 2 nitrogen and oxygen atoms in total. The maximum absolute atomic E-state index is 5.63. The van der Waals surface area contributed by atoms with Crippen molar-refractivity contribution in [1.29, 1.82) is 0 Å². The van der Waals surface area contributed by atoms with Crippen molar-refractivity contribution < 1.29 is 0 Å². The van der Waals surface area contributed by atoms with Crippen molar-refractivity contribution in [3.63, 3.8) is 0 Å². The highest BCUT2D eigenvalue weighted by Gasteiger charge is 2.00. The monoisotopic (exact) mass is 242 g/mol. The molecule has 1 rings (SSSR count). The van der Waals surface area contributed by atoms with Crippen LogP contribution in [0.15, 0.2) is 22.7 Å². The molecule has 1 aromatic rings. The normalized spacial score (nSPS) is 10.8. The van der Waals surface area contributed by atoms with Crippen molar-refractivity contribution in [2.24, 2.45) is 0 Å². The minimum Gasteiger partial charge on any atom is -0.399 e. The van der Waals surface area contributed by atoms with Crippen LogP contribution >= 0.6 is 15.9 Å². The fraction of sp³-hybridized carbons (Fsp3) is 0.400. The van der Waals surface area contributed by atoms with Gasteiger partial charge in [-0.2, -0.15) is 0 Å². The first-order valence-electron chi connectivity index (χ1n) is 4.37. The van der Waals surface area contributed by atoms with E-state index in [0.29, 0.717) is 6.04 Å². The number of nitrogen functional groups attached to an aromatic ring is 1. The van der Waals surface area contributed by atoms with Crippen LogP contribution in [0.3, 0.4) is 0 Å². The molecule has 3 heteroatoms. The van der Waals surface area contributed by atoms with Gasteiger partial charge in [-0.15, -0.1) is 0 Å². The summed E-state index contributed by atoms with van der Waals surface area (Å²) in [5.74, 6) is 0. The molecule has 0 aliphatic rings. The second-order valence-electron chi connectivity index (χ2n) is 3.39. The van der Waals surface area contributed by atoms with Gasteiger partial charge < -0.3 is 11.1 Å². The van der Waals surface area contributed by atoms with Crippen LogP contribution in [-0.2, 0) is 6.54 Å². The Kier molecular flexibility index (Phi) is 3.75. The standard InChI is InChI=1S/C10H15BrN2/c1-7(2)13-6-8-3-4-9(12)5-10(8)11/h3-5,7,13H,6,12H2,1-2H3. The van der Waals surface area contributed by atoms with E-state index in [4.69, 9.17) is 5.73 Å². The lowest BCUT2D eigenvalue weighted by atomic mass is 10.2. The van der Waals surface area contributed by atoms with E-state index >= 15 is 0 Å². The van der Waals surface area contributed by atoms with Crippen LogP contribution in [-0.4, -0.2) is 6.04 Å². The van der Waals surface area contributed by atoms with Crippen molar-refractivity contribution >= 4 is 21.6 Å². The highest BCUT2D eigenvalue weighted by molar-refractivity contribution is 9.10. The van der Waals surface area contributed by atoms with Crippen molar-refractivity contribution in [3.8, 4) is 0 Å². The molecule has 0 aromatic heterocycles. The van der Waals surface area contributed by atoms with E-state index in [2.05, 4.69) is 35.1 Å². The maximum atomic E-state index is 5.63. The SMILES string of the molecule is CC(C)NCc1ccc(N)cc1Br. The molecule has 0 bridgehead atoms. The van der Waals surface area contributed by atoms with Gasteiger partial charge >= 0.3 is 0 Å². The molecule has 0 heterocycles. The van der Waals surface area contributed by atoms with Crippen molar-refractivity contribution in [2.45, 2.75) is 26.4 Å². The molecule has 0 saturated heterocycles. The van der Waals surface area contributed by atoms with Crippen LogP contribution in [0.2, 0.25) is 0 Å². The maximum Gasteiger partial charge on any atom is 0.0325 e. The minimum atomic E-state index is 0.504. The summed E-state index contributed by atoms with van der Waals surface area (Å²) in [4.78, 5) is 0. The number of nitrogens with one attached hydrogen (secondary N) is 1. The van der Waals surface area contributed by atoms with Crippen molar-refractivity contribution in [2.75, 3.05) is 5.73 Å². The first-order chi connectivity index (χ1) is 6.09. The second kappa shape index (κ2) is 4.63. The molecule has 0 fully saturated rings. The van der Waals surface area contributed by atoms with E-state index in [-0.39, 0.29) is 0 Å². The molecule has 0 spiro atoms. The van der Waals surface area contributed by atoms with Gasteiger partial charge in [0.2, 0.25) is 0 Å². The molecule has 0 radical (unpaired) electrons. The number of anilines is 1. The molecular weight excluding hydrogens is 228 g/mol. The zero-order valence-corrected chi connectivity index (χ0v) is 9.56. The molecule has 72 valence electrons. The third-order valence-corrected chi connectivity index (χ3v) is 2.52. The summed E-state index contributed by atoms with van der Waals surface area (Å²) in [6.45, 7) is 5.13. The Labute approximate surface area is 87.6 Å². The Morgan fingerprint density at radius 3 is 2.69 bits per heavy atom. The van der Waals surface area contributed by atoms with E-state index < -0.39 is 0 Å². The largest absolute Gasteiger partial charge is 0.399 e. The summed E-state index contributed by atoms with van der Waals surface area (Å²) in [7, 11) is 0. The van der Waals surface area contributed by atoms with Crippen LogP contribution in [0, 0.1) is 0 Å². The van der Waals surface area contributed by atoms with Crippen LogP contribution < -0.4 is 11.1 Å². The average Bonchev–Trinajstić information content (AvgIpc) is 2.02. The van der Waals surface area contributed by atoms with Gasteiger partial charge in [0.15, 0.2) is 0 Å². The Balaban J connectivity index is 2.67. The molecule has 13 heavy (non-hydrogen) atoms. The number of hydrogen-bond acceptors (Lipinski definition) is 2. The number of nitrogens with two attached hydrogens (primary N) is 1. The fourth-order valence-corrected chi connectivity index (χ4v) is 1.56. The van der Waals surface area contributed by atoms with Gasteiger partial charge in [-0.3, -0.25) is 0 Å². The topological polar surface area (TPSA) is 38.0 Å². The molecular formula is C10H15BrN2. The van der Waals surface area contributed by atoms with E-state index in [9.17, 15) is 0 Å². The third kappa shape index (κ3) is 3.36.